The summed E-state index contributed by atoms with van der Waals surface area (Å²) in [5.74, 6) is -0.100. The topological polar surface area (TPSA) is 108 Å². The van der Waals surface area contributed by atoms with Gasteiger partial charge in [0.2, 0.25) is 0 Å². The molecule has 2 N–H and O–H groups in total. The molecule has 4 amide bonds. The standard InChI is InChI=1S/C15H19N5O4/c1-8-11-12(9-4-6-10(7-5-9)20(23)24)18(2)15(22)17-13(11)19(3)14(21)16-8/h4-8,11-13H,1-3H3,(H,16,21)(H,17,22)/t8-,11+,12-,13+/m1/s1. The van der Waals surface area contributed by atoms with Gasteiger partial charge in [0, 0.05) is 38.2 Å². The van der Waals surface area contributed by atoms with Crippen LogP contribution in [0.1, 0.15) is 18.5 Å². The lowest BCUT2D eigenvalue weighted by Crippen LogP contribution is -2.71. The second-order valence-corrected chi connectivity index (χ2v) is 6.23. The van der Waals surface area contributed by atoms with Crippen molar-refractivity contribution in [3.63, 3.8) is 0 Å². The number of urea groups is 2. The largest absolute Gasteiger partial charge is 0.335 e. The van der Waals surface area contributed by atoms with Crippen molar-refractivity contribution in [3.8, 4) is 0 Å². The Bertz CT molecular complexity index is 692. The van der Waals surface area contributed by atoms with E-state index in [0.29, 0.717) is 0 Å². The molecule has 0 aromatic heterocycles. The van der Waals surface area contributed by atoms with E-state index in [-0.39, 0.29) is 35.8 Å². The van der Waals surface area contributed by atoms with E-state index in [4.69, 9.17) is 0 Å². The quantitative estimate of drug-likeness (QED) is 0.628. The molecular weight excluding hydrogens is 314 g/mol. The lowest BCUT2D eigenvalue weighted by atomic mass is 9.81. The summed E-state index contributed by atoms with van der Waals surface area (Å²) in [6, 6.07) is 5.20. The number of hydrogen-bond donors (Lipinski definition) is 2. The summed E-state index contributed by atoms with van der Waals surface area (Å²) in [5.41, 5.74) is 0.796. The molecule has 9 nitrogen and oxygen atoms in total. The Kier molecular flexibility index (Phi) is 3.78. The Hall–Kier alpha value is -2.84. The molecule has 0 saturated carbocycles. The molecule has 3 rings (SSSR count). The van der Waals surface area contributed by atoms with E-state index in [2.05, 4.69) is 10.6 Å². The van der Waals surface area contributed by atoms with Gasteiger partial charge in [0.1, 0.15) is 6.17 Å². The maximum Gasteiger partial charge on any atom is 0.319 e. The number of carbonyl (C=O) groups is 2. The third-order valence-corrected chi connectivity index (χ3v) is 4.85. The van der Waals surface area contributed by atoms with E-state index >= 15 is 0 Å². The Balaban J connectivity index is 2.01. The predicted molar refractivity (Wildman–Crippen MR) is 85.2 cm³/mol. The van der Waals surface area contributed by atoms with Crippen molar-refractivity contribution in [2.75, 3.05) is 14.1 Å². The number of carbonyl (C=O) groups excluding carboxylic acids is 2. The molecule has 128 valence electrons. The lowest BCUT2D eigenvalue weighted by molar-refractivity contribution is -0.384. The second-order valence-electron chi connectivity index (χ2n) is 6.23. The van der Waals surface area contributed by atoms with Gasteiger partial charge in [0.05, 0.1) is 11.0 Å². The highest BCUT2D eigenvalue weighted by atomic mass is 16.6. The van der Waals surface area contributed by atoms with Crippen molar-refractivity contribution < 1.29 is 14.5 Å². The van der Waals surface area contributed by atoms with Crippen LogP contribution >= 0.6 is 0 Å². The first-order valence-corrected chi connectivity index (χ1v) is 7.62. The molecule has 24 heavy (non-hydrogen) atoms. The van der Waals surface area contributed by atoms with Crippen LogP contribution in [0.25, 0.3) is 0 Å². The van der Waals surface area contributed by atoms with Crippen LogP contribution in [0.5, 0.6) is 0 Å². The predicted octanol–water partition coefficient (Wildman–Crippen LogP) is 1.28. The van der Waals surface area contributed by atoms with Crippen molar-refractivity contribution in [2.45, 2.75) is 25.2 Å². The SMILES string of the molecule is C[C@H]1NC(=O)N(C)[C@@H]2NC(=O)N(C)[C@H](c3ccc([N+](=O)[O-])cc3)[C@@H]21. The first kappa shape index (κ1) is 16.0. The number of nitrogens with zero attached hydrogens (tertiary/aromatic N) is 3. The fourth-order valence-corrected chi connectivity index (χ4v) is 3.54. The van der Waals surface area contributed by atoms with Crippen molar-refractivity contribution in [2.24, 2.45) is 5.92 Å². The van der Waals surface area contributed by atoms with Gasteiger partial charge in [-0.3, -0.25) is 10.1 Å². The number of benzene rings is 1. The van der Waals surface area contributed by atoms with E-state index in [1.165, 1.54) is 17.0 Å². The van der Waals surface area contributed by atoms with Gasteiger partial charge in [-0.2, -0.15) is 0 Å². The van der Waals surface area contributed by atoms with Gasteiger partial charge < -0.3 is 20.4 Å². The summed E-state index contributed by atoms with van der Waals surface area (Å²) in [7, 11) is 3.32. The van der Waals surface area contributed by atoms with E-state index < -0.39 is 11.1 Å². The summed E-state index contributed by atoms with van der Waals surface area (Å²) < 4.78 is 0. The molecule has 2 fully saturated rings. The number of hydrogen-bond acceptors (Lipinski definition) is 4. The third kappa shape index (κ3) is 2.41. The molecule has 2 saturated heterocycles. The molecule has 0 radical (unpaired) electrons. The second kappa shape index (κ2) is 5.66. The molecule has 2 aliphatic heterocycles. The zero-order chi connectivity index (χ0) is 17.6. The Morgan fingerprint density at radius 1 is 1.04 bits per heavy atom. The average Bonchev–Trinajstić information content (AvgIpc) is 2.54. The lowest BCUT2D eigenvalue weighted by Gasteiger charge is -2.52. The van der Waals surface area contributed by atoms with Crippen LogP contribution in [0.3, 0.4) is 0 Å². The van der Waals surface area contributed by atoms with Gasteiger partial charge in [-0.05, 0) is 12.5 Å². The minimum atomic E-state index is -0.457. The maximum absolute atomic E-state index is 12.3. The first-order valence-electron chi connectivity index (χ1n) is 7.62. The van der Waals surface area contributed by atoms with Gasteiger partial charge in [0.25, 0.3) is 5.69 Å². The summed E-state index contributed by atoms with van der Waals surface area (Å²) >= 11 is 0. The third-order valence-electron chi connectivity index (χ3n) is 4.85. The fourth-order valence-electron chi connectivity index (χ4n) is 3.54. The highest BCUT2D eigenvalue weighted by molar-refractivity contribution is 5.80. The number of fused-ring (bicyclic) bond motifs is 1. The van der Waals surface area contributed by atoms with Gasteiger partial charge >= 0.3 is 12.1 Å². The number of nitrogens with one attached hydrogen (secondary N) is 2. The highest BCUT2D eigenvalue weighted by Crippen LogP contribution is 2.38. The maximum atomic E-state index is 12.3. The molecular formula is C15H19N5O4. The van der Waals surface area contributed by atoms with Crippen LogP contribution in [0.15, 0.2) is 24.3 Å². The Morgan fingerprint density at radius 2 is 1.62 bits per heavy atom. The number of amides is 4. The van der Waals surface area contributed by atoms with Crippen molar-refractivity contribution in [1.82, 2.24) is 20.4 Å². The minimum Gasteiger partial charge on any atom is -0.335 e. The van der Waals surface area contributed by atoms with Crippen LogP contribution in [0.2, 0.25) is 0 Å². The monoisotopic (exact) mass is 333 g/mol. The van der Waals surface area contributed by atoms with Crippen LogP contribution in [-0.4, -0.2) is 53.1 Å². The minimum absolute atomic E-state index is 0.000303. The zero-order valence-electron chi connectivity index (χ0n) is 13.6. The molecule has 2 heterocycles. The van der Waals surface area contributed by atoms with E-state index in [0.717, 1.165) is 5.56 Å². The van der Waals surface area contributed by atoms with Crippen molar-refractivity contribution >= 4 is 17.7 Å². The normalized spacial score (nSPS) is 29.6. The van der Waals surface area contributed by atoms with E-state index in [1.807, 2.05) is 6.92 Å². The Labute approximate surface area is 138 Å². The number of non-ortho nitro benzene ring substituents is 1. The van der Waals surface area contributed by atoms with Gasteiger partial charge in [-0.25, -0.2) is 9.59 Å². The van der Waals surface area contributed by atoms with Crippen LogP contribution in [-0.2, 0) is 0 Å². The molecule has 4 atom stereocenters. The molecule has 0 spiro atoms. The summed E-state index contributed by atoms with van der Waals surface area (Å²) in [5, 5.41) is 16.6. The zero-order valence-corrected chi connectivity index (χ0v) is 13.6. The summed E-state index contributed by atoms with van der Waals surface area (Å²) in [4.78, 5) is 37.7. The highest BCUT2D eigenvalue weighted by Gasteiger charge is 2.49. The fraction of sp³-hybridized carbons (Fsp3) is 0.467. The number of rotatable bonds is 2. The number of nitro groups is 1. The summed E-state index contributed by atoms with van der Waals surface area (Å²) in [6.07, 6.45) is -0.433. The van der Waals surface area contributed by atoms with Gasteiger partial charge in [-0.1, -0.05) is 12.1 Å². The van der Waals surface area contributed by atoms with Crippen LogP contribution < -0.4 is 10.6 Å². The van der Waals surface area contributed by atoms with Gasteiger partial charge in [0.15, 0.2) is 0 Å². The van der Waals surface area contributed by atoms with Crippen molar-refractivity contribution in [3.05, 3.63) is 39.9 Å². The van der Waals surface area contributed by atoms with Crippen molar-refractivity contribution in [1.29, 1.82) is 0 Å². The molecule has 0 unspecified atom stereocenters. The molecule has 0 bridgehead atoms. The number of nitro benzene ring substituents is 1. The van der Waals surface area contributed by atoms with E-state index in [9.17, 15) is 19.7 Å². The summed E-state index contributed by atoms with van der Waals surface area (Å²) in [6.45, 7) is 1.90. The van der Waals surface area contributed by atoms with Gasteiger partial charge in [-0.15, -0.1) is 0 Å². The van der Waals surface area contributed by atoms with E-state index in [1.54, 1.807) is 31.1 Å². The molecule has 2 aliphatic rings. The molecule has 0 aliphatic carbocycles. The smallest absolute Gasteiger partial charge is 0.319 e. The molecule has 9 heteroatoms. The Morgan fingerprint density at radius 3 is 2.21 bits per heavy atom. The molecule has 1 aromatic carbocycles. The molecule has 1 aromatic rings. The first-order chi connectivity index (χ1) is 11.3. The van der Waals surface area contributed by atoms with Crippen LogP contribution in [0, 0.1) is 16.0 Å². The average molecular weight is 333 g/mol. The van der Waals surface area contributed by atoms with Crippen LogP contribution in [0.4, 0.5) is 15.3 Å².